The zero-order valence-corrected chi connectivity index (χ0v) is 12.0. The number of nitrogens with two attached hydrogens (primary N) is 1. The molecular weight excluding hydrogens is 284 g/mol. The fourth-order valence-electron chi connectivity index (χ4n) is 1.84. The second kappa shape index (κ2) is 7.39. The van der Waals surface area contributed by atoms with Crippen molar-refractivity contribution in [3.8, 4) is 0 Å². The number of Topliss-reactive ketones (excluding diaryl/α,β-unsaturated/α-hetero) is 1. The van der Waals surface area contributed by atoms with Gasteiger partial charge >= 0.3 is 5.97 Å². The molecule has 1 aliphatic rings. The quantitative estimate of drug-likeness (QED) is 0.587. The highest BCUT2D eigenvalue weighted by Crippen LogP contribution is 2.25. The van der Waals surface area contributed by atoms with Crippen LogP contribution in [0.2, 0.25) is 0 Å². The smallest absolute Gasteiger partial charge is 0.303 e. The van der Waals surface area contributed by atoms with Gasteiger partial charge in [-0.15, -0.1) is 11.8 Å². The van der Waals surface area contributed by atoms with Crippen molar-refractivity contribution in [3.63, 3.8) is 0 Å². The molecule has 3 N–H and O–H groups in total. The van der Waals surface area contributed by atoms with Crippen molar-refractivity contribution in [3.05, 3.63) is 0 Å². The predicted molar refractivity (Wildman–Crippen MR) is 73.1 cm³/mol. The first-order valence-corrected chi connectivity index (χ1v) is 7.37. The number of thioether (sulfide) groups is 1. The summed E-state index contributed by atoms with van der Waals surface area (Å²) in [5.41, 5.74) is 5.66. The van der Waals surface area contributed by atoms with Gasteiger partial charge in [0, 0.05) is 25.1 Å². The van der Waals surface area contributed by atoms with Crippen LogP contribution in [0, 0.1) is 0 Å². The Bertz CT molecular complexity index is 426. The molecule has 1 saturated heterocycles. The lowest BCUT2D eigenvalue weighted by Crippen LogP contribution is -2.35. The van der Waals surface area contributed by atoms with E-state index in [1.54, 1.807) is 6.92 Å². The molecule has 0 aromatic rings. The van der Waals surface area contributed by atoms with E-state index >= 15 is 0 Å². The molecule has 20 heavy (non-hydrogen) atoms. The minimum atomic E-state index is -1.05. The Labute approximate surface area is 120 Å². The molecule has 2 unspecified atom stereocenters. The minimum absolute atomic E-state index is 0.115. The fourth-order valence-corrected chi connectivity index (χ4v) is 3.00. The van der Waals surface area contributed by atoms with Gasteiger partial charge in [-0.2, -0.15) is 0 Å². The number of hydrogen-bond acceptors (Lipinski definition) is 6. The molecule has 0 saturated carbocycles. The van der Waals surface area contributed by atoms with Gasteiger partial charge in [-0.05, 0) is 6.92 Å². The first kappa shape index (κ1) is 16.6. The van der Waals surface area contributed by atoms with Crippen molar-refractivity contribution >= 4 is 35.3 Å². The third-order valence-corrected chi connectivity index (χ3v) is 4.32. The second-order valence-corrected chi connectivity index (χ2v) is 5.70. The number of amides is 2. The van der Waals surface area contributed by atoms with Crippen LogP contribution in [0.25, 0.3) is 0 Å². The Morgan fingerprint density at radius 3 is 2.60 bits per heavy atom. The lowest BCUT2D eigenvalue weighted by Gasteiger charge is -2.13. The van der Waals surface area contributed by atoms with Crippen LogP contribution in [0.1, 0.15) is 26.2 Å². The largest absolute Gasteiger partial charge is 0.481 e. The summed E-state index contributed by atoms with van der Waals surface area (Å²) in [5.74, 6) is -1.63. The summed E-state index contributed by atoms with van der Waals surface area (Å²) in [4.78, 5) is 46.4. The third-order valence-electron chi connectivity index (χ3n) is 2.99. The summed E-state index contributed by atoms with van der Waals surface area (Å²) < 4.78 is 0. The van der Waals surface area contributed by atoms with Crippen LogP contribution in [0.4, 0.5) is 0 Å². The topological polar surface area (TPSA) is 118 Å². The first-order chi connectivity index (χ1) is 9.36. The third kappa shape index (κ3) is 4.31. The van der Waals surface area contributed by atoms with Crippen molar-refractivity contribution in [2.24, 2.45) is 5.73 Å². The van der Waals surface area contributed by atoms with E-state index in [9.17, 15) is 19.2 Å². The maximum Gasteiger partial charge on any atom is 0.303 e. The van der Waals surface area contributed by atoms with Crippen LogP contribution in [0.15, 0.2) is 0 Å². The fraction of sp³-hybridized carbons (Fsp3) is 0.667. The number of likely N-dealkylation sites (tertiary alicyclic amines) is 1. The zero-order chi connectivity index (χ0) is 15.3. The molecule has 1 heterocycles. The van der Waals surface area contributed by atoms with Crippen molar-refractivity contribution in [2.45, 2.75) is 37.5 Å². The van der Waals surface area contributed by atoms with E-state index < -0.39 is 17.3 Å². The maximum absolute atomic E-state index is 11.8. The molecule has 0 bridgehead atoms. The Morgan fingerprint density at radius 1 is 1.45 bits per heavy atom. The first-order valence-electron chi connectivity index (χ1n) is 6.32. The Kier molecular flexibility index (Phi) is 6.15. The highest BCUT2D eigenvalue weighted by Gasteiger charge is 2.38. The molecule has 112 valence electrons. The summed E-state index contributed by atoms with van der Waals surface area (Å²) in [6, 6.07) is -0.807. The molecular formula is C12H18N2O5S. The standard InChI is InChI=1S/C12H18N2O5S/c1-2-14-10(16)5-9(12(14)19)20-6-7(13)8(15)3-4-11(17)18/h7,9H,2-6,13H2,1H3,(H,17,18). The van der Waals surface area contributed by atoms with E-state index in [1.807, 2.05) is 0 Å². The van der Waals surface area contributed by atoms with Gasteiger partial charge in [0.1, 0.15) is 0 Å². The average Bonchev–Trinajstić information content (AvgIpc) is 2.67. The number of aliphatic carboxylic acids is 1. The molecule has 0 spiro atoms. The lowest BCUT2D eigenvalue weighted by molar-refractivity contribution is -0.139. The predicted octanol–water partition coefficient (Wildman–Crippen LogP) is -0.372. The van der Waals surface area contributed by atoms with Gasteiger partial charge in [-0.3, -0.25) is 24.1 Å². The SMILES string of the molecule is CCN1C(=O)CC(SCC(N)C(=O)CCC(=O)O)C1=O. The number of ketones is 1. The van der Waals surface area contributed by atoms with Crippen molar-refractivity contribution in [2.75, 3.05) is 12.3 Å². The number of hydrogen-bond donors (Lipinski definition) is 2. The van der Waals surface area contributed by atoms with Crippen molar-refractivity contribution in [1.82, 2.24) is 4.90 Å². The van der Waals surface area contributed by atoms with Crippen LogP contribution in [0.5, 0.6) is 0 Å². The van der Waals surface area contributed by atoms with Crippen molar-refractivity contribution < 1.29 is 24.3 Å². The summed E-state index contributed by atoms with van der Waals surface area (Å²) >= 11 is 1.18. The maximum atomic E-state index is 11.8. The Balaban J connectivity index is 2.40. The van der Waals surface area contributed by atoms with E-state index in [0.717, 1.165) is 0 Å². The van der Waals surface area contributed by atoms with Crippen LogP contribution in [0.3, 0.4) is 0 Å². The van der Waals surface area contributed by atoms with E-state index in [1.165, 1.54) is 16.7 Å². The average molecular weight is 302 g/mol. The normalized spacial score (nSPS) is 20.3. The molecule has 0 aromatic heterocycles. The highest BCUT2D eigenvalue weighted by atomic mass is 32.2. The minimum Gasteiger partial charge on any atom is -0.481 e. The molecule has 8 heteroatoms. The summed E-state index contributed by atoms with van der Waals surface area (Å²) in [6.07, 6.45) is -0.231. The number of carboxylic acid groups (broad SMARTS) is 1. The molecule has 7 nitrogen and oxygen atoms in total. The molecule has 2 amide bonds. The number of carbonyl (C=O) groups excluding carboxylic acids is 3. The molecule has 0 aromatic carbocycles. The lowest BCUT2D eigenvalue weighted by atomic mass is 10.1. The number of imide groups is 1. The molecule has 1 aliphatic heterocycles. The molecule has 2 atom stereocenters. The second-order valence-electron chi connectivity index (χ2n) is 4.47. The van der Waals surface area contributed by atoms with Crippen LogP contribution in [-0.4, -0.2) is 57.2 Å². The number of carbonyl (C=O) groups is 4. The molecule has 1 fully saturated rings. The number of carboxylic acids is 1. The van der Waals surface area contributed by atoms with E-state index in [-0.39, 0.29) is 42.6 Å². The van der Waals surface area contributed by atoms with Crippen LogP contribution >= 0.6 is 11.8 Å². The monoisotopic (exact) mass is 302 g/mol. The van der Waals surface area contributed by atoms with Gasteiger partial charge < -0.3 is 10.8 Å². The van der Waals surface area contributed by atoms with E-state index in [4.69, 9.17) is 10.8 Å². The molecule has 0 aliphatic carbocycles. The highest BCUT2D eigenvalue weighted by molar-refractivity contribution is 8.00. The zero-order valence-electron chi connectivity index (χ0n) is 11.2. The van der Waals surface area contributed by atoms with Crippen molar-refractivity contribution in [1.29, 1.82) is 0 Å². The summed E-state index contributed by atoms with van der Waals surface area (Å²) in [5, 5.41) is 8.00. The van der Waals surface area contributed by atoms with E-state index in [0.29, 0.717) is 6.54 Å². The van der Waals surface area contributed by atoms with Crippen LogP contribution in [-0.2, 0) is 19.2 Å². The summed E-state index contributed by atoms with van der Waals surface area (Å²) in [7, 11) is 0. The molecule has 1 rings (SSSR count). The van der Waals surface area contributed by atoms with Gasteiger partial charge in [0.2, 0.25) is 11.8 Å². The van der Waals surface area contributed by atoms with E-state index in [2.05, 4.69) is 0 Å². The van der Waals surface area contributed by atoms with Gasteiger partial charge in [0.15, 0.2) is 5.78 Å². The number of nitrogens with zero attached hydrogens (tertiary/aromatic N) is 1. The van der Waals surface area contributed by atoms with Gasteiger partial charge in [0.25, 0.3) is 0 Å². The Hall–Kier alpha value is -1.41. The Morgan fingerprint density at radius 2 is 2.10 bits per heavy atom. The van der Waals surface area contributed by atoms with Crippen LogP contribution < -0.4 is 5.73 Å². The van der Waals surface area contributed by atoms with Gasteiger partial charge in [0.05, 0.1) is 17.7 Å². The number of rotatable bonds is 8. The van der Waals surface area contributed by atoms with Gasteiger partial charge in [-0.25, -0.2) is 0 Å². The summed E-state index contributed by atoms with van der Waals surface area (Å²) in [6.45, 7) is 2.07. The van der Waals surface area contributed by atoms with Gasteiger partial charge in [-0.1, -0.05) is 0 Å². The molecule has 0 radical (unpaired) electrons.